The van der Waals surface area contributed by atoms with Crippen LogP contribution in [0.4, 0.5) is 0 Å². The van der Waals surface area contributed by atoms with Crippen LogP contribution in [-0.4, -0.2) is 37.6 Å². The van der Waals surface area contributed by atoms with Crippen LogP contribution in [0.2, 0.25) is 0 Å². The van der Waals surface area contributed by atoms with E-state index in [2.05, 4.69) is 4.90 Å². The molecule has 0 unspecified atom stereocenters. The zero-order chi connectivity index (χ0) is 13.0. The fraction of sp³-hybridized carbons (Fsp3) is 0.800. The van der Waals surface area contributed by atoms with Crippen LogP contribution in [0.5, 0.6) is 0 Å². The number of likely N-dealkylation sites (tertiary alicyclic amines) is 1. The fourth-order valence-corrected chi connectivity index (χ4v) is 3.35. The molecule has 3 heteroatoms. The highest BCUT2D eigenvalue weighted by Gasteiger charge is 2.36. The van der Waals surface area contributed by atoms with Gasteiger partial charge in [-0.15, -0.1) is 0 Å². The van der Waals surface area contributed by atoms with Crippen LogP contribution in [0.15, 0.2) is 11.6 Å². The van der Waals surface area contributed by atoms with E-state index in [-0.39, 0.29) is 5.97 Å². The first-order valence-corrected chi connectivity index (χ1v) is 7.13. The minimum absolute atomic E-state index is 0.209. The molecule has 1 spiro atoms. The van der Waals surface area contributed by atoms with Crippen molar-refractivity contribution in [2.45, 2.75) is 45.4 Å². The minimum atomic E-state index is -0.209. The third-order valence-corrected chi connectivity index (χ3v) is 4.74. The number of hydrogen-bond acceptors (Lipinski definition) is 3. The van der Waals surface area contributed by atoms with Gasteiger partial charge in [0, 0.05) is 12.1 Å². The van der Waals surface area contributed by atoms with E-state index in [4.69, 9.17) is 4.74 Å². The van der Waals surface area contributed by atoms with E-state index in [1.807, 2.05) is 13.0 Å². The number of ether oxygens (including phenoxy) is 1. The van der Waals surface area contributed by atoms with Gasteiger partial charge in [0.15, 0.2) is 0 Å². The molecule has 2 fully saturated rings. The molecule has 1 aliphatic heterocycles. The van der Waals surface area contributed by atoms with Gasteiger partial charge in [0.25, 0.3) is 0 Å². The van der Waals surface area contributed by atoms with Crippen molar-refractivity contribution in [1.82, 2.24) is 4.90 Å². The zero-order valence-corrected chi connectivity index (χ0v) is 11.7. The smallest absolute Gasteiger partial charge is 0.333 e. The van der Waals surface area contributed by atoms with Crippen molar-refractivity contribution >= 4 is 5.97 Å². The molecule has 3 nitrogen and oxygen atoms in total. The predicted molar refractivity (Wildman–Crippen MR) is 72.3 cm³/mol. The number of esters is 1. The second kappa shape index (κ2) is 5.87. The van der Waals surface area contributed by atoms with Crippen molar-refractivity contribution < 1.29 is 9.53 Å². The molecule has 0 atom stereocenters. The van der Waals surface area contributed by atoms with Crippen LogP contribution in [-0.2, 0) is 9.53 Å². The molecule has 1 saturated heterocycles. The molecule has 0 aromatic rings. The average molecular weight is 251 g/mol. The molecular formula is C15H25NO2. The number of nitrogens with zero attached hydrogens (tertiary/aromatic N) is 1. The van der Waals surface area contributed by atoms with Gasteiger partial charge in [0.05, 0.1) is 7.11 Å². The van der Waals surface area contributed by atoms with E-state index in [0.29, 0.717) is 5.41 Å². The minimum Gasteiger partial charge on any atom is -0.466 e. The van der Waals surface area contributed by atoms with Gasteiger partial charge in [-0.2, -0.15) is 0 Å². The molecular weight excluding hydrogens is 226 g/mol. The van der Waals surface area contributed by atoms with Gasteiger partial charge in [-0.3, -0.25) is 4.90 Å². The first kappa shape index (κ1) is 13.6. The summed E-state index contributed by atoms with van der Waals surface area (Å²) >= 11 is 0. The van der Waals surface area contributed by atoms with E-state index in [1.54, 1.807) is 0 Å². The van der Waals surface area contributed by atoms with Crippen LogP contribution in [0, 0.1) is 5.41 Å². The highest BCUT2D eigenvalue weighted by Crippen LogP contribution is 2.45. The first-order valence-electron chi connectivity index (χ1n) is 7.13. The summed E-state index contributed by atoms with van der Waals surface area (Å²) < 4.78 is 4.70. The van der Waals surface area contributed by atoms with Crippen molar-refractivity contribution in [3.8, 4) is 0 Å². The van der Waals surface area contributed by atoms with Crippen LogP contribution >= 0.6 is 0 Å². The predicted octanol–water partition coefficient (Wildman–Crippen LogP) is 2.76. The number of methoxy groups -OCH3 is 1. The Morgan fingerprint density at radius 1 is 1.22 bits per heavy atom. The number of rotatable bonds is 3. The Morgan fingerprint density at radius 3 is 2.39 bits per heavy atom. The molecule has 0 bridgehead atoms. The molecule has 0 aromatic carbocycles. The van der Waals surface area contributed by atoms with Crippen molar-refractivity contribution in [2.75, 3.05) is 26.7 Å². The Balaban J connectivity index is 1.78. The maximum absolute atomic E-state index is 11.3. The summed E-state index contributed by atoms with van der Waals surface area (Å²) in [5.74, 6) is -0.209. The maximum atomic E-state index is 11.3. The molecule has 0 amide bonds. The monoisotopic (exact) mass is 251 g/mol. The molecule has 2 rings (SSSR count). The Morgan fingerprint density at radius 2 is 1.83 bits per heavy atom. The average Bonchev–Trinajstić information content (AvgIpc) is 2.85. The lowest BCUT2D eigenvalue weighted by Crippen LogP contribution is -2.38. The normalized spacial score (nSPS) is 24.4. The second-order valence-electron chi connectivity index (χ2n) is 5.89. The van der Waals surface area contributed by atoms with Gasteiger partial charge in [-0.1, -0.05) is 18.9 Å². The molecule has 0 aromatic heterocycles. The lowest BCUT2D eigenvalue weighted by molar-refractivity contribution is -0.136. The summed E-state index contributed by atoms with van der Waals surface area (Å²) in [5.41, 5.74) is 1.40. The SMILES string of the molecule is COC(=O)C(C)=CCN1CCC2(CCCC2)CC1. The Labute approximate surface area is 110 Å². The molecule has 0 N–H and O–H groups in total. The Kier molecular flexibility index (Phi) is 4.44. The van der Waals surface area contributed by atoms with Crippen molar-refractivity contribution in [3.05, 3.63) is 11.6 Å². The summed E-state index contributed by atoms with van der Waals surface area (Å²) in [6.07, 6.45) is 10.4. The molecule has 1 heterocycles. The molecule has 0 radical (unpaired) electrons. The quantitative estimate of drug-likeness (QED) is 0.570. The summed E-state index contributed by atoms with van der Waals surface area (Å²) in [4.78, 5) is 13.7. The van der Waals surface area contributed by atoms with Gasteiger partial charge in [0.1, 0.15) is 0 Å². The van der Waals surface area contributed by atoms with Gasteiger partial charge in [-0.05, 0) is 51.1 Å². The fourth-order valence-electron chi connectivity index (χ4n) is 3.35. The molecule has 1 saturated carbocycles. The maximum Gasteiger partial charge on any atom is 0.333 e. The third kappa shape index (κ3) is 3.14. The molecule has 18 heavy (non-hydrogen) atoms. The number of piperidine rings is 1. The first-order chi connectivity index (χ1) is 8.65. The van der Waals surface area contributed by atoms with Crippen molar-refractivity contribution in [2.24, 2.45) is 5.41 Å². The van der Waals surface area contributed by atoms with Crippen LogP contribution in [0.3, 0.4) is 0 Å². The van der Waals surface area contributed by atoms with E-state index < -0.39 is 0 Å². The Bertz CT molecular complexity index is 319. The topological polar surface area (TPSA) is 29.5 Å². The Hall–Kier alpha value is -0.830. The van der Waals surface area contributed by atoms with Crippen LogP contribution in [0.1, 0.15) is 45.4 Å². The number of carbonyl (C=O) groups excluding carboxylic acids is 1. The molecule has 2 aliphatic rings. The number of hydrogen-bond donors (Lipinski definition) is 0. The van der Waals surface area contributed by atoms with E-state index in [1.165, 1.54) is 58.7 Å². The van der Waals surface area contributed by atoms with Crippen molar-refractivity contribution in [1.29, 1.82) is 0 Å². The van der Waals surface area contributed by atoms with Crippen molar-refractivity contribution in [3.63, 3.8) is 0 Å². The van der Waals surface area contributed by atoms with Crippen LogP contribution < -0.4 is 0 Å². The summed E-state index contributed by atoms with van der Waals surface area (Å²) in [5, 5.41) is 0. The highest BCUT2D eigenvalue weighted by atomic mass is 16.5. The highest BCUT2D eigenvalue weighted by molar-refractivity contribution is 5.87. The number of carbonyl (C=O) groups is 1. The lowest BCUT2D eigenvalue weighted by Gasteiger charge is -2.39. The second-order valence-corrected chi connectivity index (χ2v) is 5.89. The van der Waals surface area contributed by atoms with E-state index >= 15 is 0 Å². The van der Waals surface area contributed by atoms with Gasteiger partial charge < -0.3 is 4.74 Å². The van der Waals surface area contributed by atoms with E-state index in [9.17, 15) is 4.79 Å². The summed E-state index contributed by atoms with van der Waals surface area (Å²) in [6, 6.07) is 0. The standard InChI is InChI=1S/C15H25NO2/c1-13(14(17)18-2)5-10-16-11-8-15(9-12-16)6-3-4-7-15/h5H,3-4,6-12H2,1-2H3. The van der Waals surface area contributed by atoms with Gasteiger partial charge in [0.2, 0.25) is 0 Å². The van der Waals surface area contributed by atoms with Gasteiger partial charge >= 0.3 is 5.97 Å². The largest absolute Gasteiger partial charge is 0.466 e. The third-order valence-electron chi connectivity index (χ3n) is 4.74. The van der Waals surface area contributed by atoms with E-state index in [0.717, 1.165) is 12.1 Å². The van der Waals surface area contributed by atoms with Crippen LogP contribution in [0.25, 0.3) is 0 Å². The lowest BCUT2D eigenvalue weighted by atomic mass is 9.77. The molecule has 1 aliphatic carbocycles. The molecule has 102 valence electrons. The summed E-state index contributed by atoms with van der Waals surface area (Å²) in [6.45, 7) is 5.08. The summed E-state index contributed by atoms with van der Waals surface area (Å²) in [7, 11) is 1.43. The van der Waals surface area contributed by atoms with Gasteiger partial charge in [-0.25, -0.2) is 4.79 Å². The zero-order valence-electron chi connectivity index (χ0n) is 11.7.